The number of Topliss-reactive ketones (excluding diaryl/α,β-unsaturated/α-hetero) is 1. The molecule has 4 heteroatoms. The summed E-state index contributed by atoms with van der Waals surface area (Å²) in [6.07, 6.45) is 3.01. The predicted octanol–water partition coefficient (Wildman–Crippen LogP) is 5.87. The van der Waals surface area contributed by atoms with E-state index in [9.17, 15) is 9.59 Å². The summed E-state index contributed by atoms with van der Waals surface area (Å²) in [6, 6.07) is 0. The molecule has 0 aromatic rings. The zero-order valence-electron chi connectivity index (χ0n) is 21.2. The molecule has 0 aliphatic carbocycles. The monoisotopic (exact) mass is 409 g/mol. The van der Waals surface area contributed by atoms with Gasteiger partial charge in [-0.2, -0.15) is 0 Å². The number of rotatable bonds is 8. The lowest BCUT2D eigenvalue weighted by molar-refractivity contribution is -0.182. The lowest BCUT2D eigenvalue weighted by Gasteiger charge is -2.64. The van der Waals surface area contributed by atoms with Crippen LogP contribution in [-0.4, -0.2) is 40.4 Å². The minimum absolute atomic E-state index is 0.00141. The summed E-state index contributed by atoms with van der Waals surface area (Å²) in [5.41, 5.74) is -1.05. The Balaban J connectivity index is 3.65. The first-order valence-corrected chi connectivity index (χ1v) is 11.5. The number of carbonyl (C=O) groups is 2. The minimum atomic E-state index is -0.455. The summed E-state index contributed by atoms with van der Waals surface area (Å²) in [6.45, 7) is 24.1. The largest absolute Gasteiger partial charge is 0.469 e. The van der Waals surface area contributed by atoms with Gasteiger partial charge in [0, 0.05) is 29.0 Å². The molecule has 4 nitrogen and oxygen atoms in total. The Morgan fingerprint density at radius 1 is 1.17 bits per heavy atom. The van der Waals surface area contributed by atoms with Gasteiger partial charge in [0.15, 0.2) is 0 Å². The van der Waals surface area contributed by atoms with E-state index in [0.29, 0.717) is 18.1 Å². The number of ether oxygens (including phenoxy) is 1. The van der Waals surface area contributed by atoms with E-state index in [1.807, 2.05) is 0 Å². The summed E-state index contributed by atoms with van der Waals surface area (Å²) >= 11 is 0. The Kier molecular flexibility index (Phi) is 7.83. The Hall–Kier alpha value is -0.900. The van der Waals surface area contributed by atoms with E-state index < -0.39 is 5.54 Å². The van der Waals surface area contributed by atoms with Crippen molar-refractivity contribution >= 4 is 11.8 Å². The van der Waals surface area contributed by atoms with Crippen LogP contribution in [0.3, 0.4) is 0 Å². The van der Waals surface area contributed by atoms with E-state index in [-0.39, 0.29) is 34.3 Å². The predicted molar refractivity (Wildman–Crippen MR) is 121 cm³/mol. The van der Waals surface area contributed by atoms with Crippen molar-refractivity contribution in [3.63, 3.8) is 0 Å². The second kappa shape index (κ2) is 8.69. The molecule has 0 radical (unpaired) electrons. The van der Waals surface area contributed by atoms with E-state index in [1.54, 1.807) is 0 Å². The first-order chi connectivity index (χ1) is 13.0. The van der Waals surface area contributed by atoms with Crippen molar-refractivity contribution < 1.29 is 14.3 Å². The normalized spacial score (nSPS) is 30.5. The fourth-order valence-electron chi connectivity index (χ4n) is 5.55. The summed E-state index contributed by atoms with van der Waals surface area (Å²) in [4.78, 5) is 28.6. The average molecular weight is 410 g/mol. The maximum absolute atomic E-state index is 13.1. The summed E-state index contributed by atoms with van der Waals surface area (Å²) in [7, 11) is 1.49. The highest BCUT2D eigenvalue weighted by Gasteiger charge is 2.59. The fraction of sp³-hybridized carbons (Fsp3) is 0.920. The first kappa shape index (κ1) is 26.1. The molecule has 29 heavy (non-hydrogen) atoms. The standard InChI is InChI=1S/C25H47NO3/c1-13-24(10)16-20(27)18(5)25(11,14-2)26(24)23(8,9)19(21(28)29-12)15-22(6,7)17(3)4/h17-19H,13-16H2,1-12H3. The third-order valence-electron chi connectivity index (χ3n) is 8.71. The molecule has 0 spiro atoms. The van der Waals surface area contributed by atoms with Crippen LogP contribution in [0.2, 0.25) is 0 Å². The highest BCUT2D eigenvalue weighted by molar-refractivity contribution is 5.84. The van der Waals surface area contributed by atoms with Crippen molar-refractivity contribution in [2.24, 2.45) is 23.2 Å². The van der Waals surface area contributed by atoms with Crippen LogP contribution in [0.1, 0.15) is 102 Å². The van der Waals surface area contributed by atoms with E-state index in [2.05, 4.69) is 81.1 Å². The topological polar surface area (TPSA) is 46.6 Å². The molecule has 4 unspecified atom stereocenters. The van der Waals surface area contributed by atoms with Gasteiger partial charge in [-0.05, 0) is 58.3 Å². The SMILES string of the molecule is CCC1(C)CC(=O)C(C)C(C)(CC)N1C(C)(C)C(CC(C)(C)C(C)C)C(=O)OC. The van der Waals surface area contributed by atoms with Crippen LogP contribution in [0.5, 0.6) is 0 Å². The Morgan fingerprint density at radius 2 is 1.69 bits per heavy atom. The van der Waals surface area contributed by atoms with Gasteiger partial charge in [0.05, 0.1) is 13.0 Å². The number of piperidine rings is 1. The van der Waals surface area contributed by atoms with Crippen LogP contribution in [0.4, 0.5) is 0 Å². The van der Waals surface area contributed by atoms with Crippen molar-refractivity contribution in [2.75, 3.05) is 7.11 Å². The van der Waals surface area contributed by atoms with Gasteiger partial charge in [0.1, 0.15) is 5.78 Å². The maximum Gasteiger partial charge on any atom is 0.310 e. The molecular weight excluding hydrogens is 362 g/mol. The molecule has 4 atom stereocenters. The molecular formula is C25H47NO3. The summed E-state index contributed by atoms with van der Waals surface area (Å²) in [5.74, 6) is 0.292. The lowest BCUT2D eigenvalue weighted by atomic mass is 9.62. The summed E-state index contributed by atoms with van der Waals surface area (Å²) < 4.78 is 5.33. The molecule has 0 N–H and O–H groups in total. The molecule has 0 aromatic heterocycles. The number of ketones is 1. The fourth-order valence-corrected chi connectivity index (χ4v) is 5.55. The number of likely N-dealkylation sites (tertiary alicyclic amines) is 1. The number of methoxy groups -OCH3 is 1. The second-order valence-corrected chi connectivity index (χ2v) is 11.3. The first-order valence-electron chi connectivity index (χ1n) is 11.5. The van der Waals surface area contributed by atoms with Crippen molar-refractivity contribution in [3.8, 4) is 0 Å². The number of nitrogens with zero attached hydrogens (tertiary/aromatic N) is 1. The van der Waals surface area contributed by atoms with Gasteiger partial charge in [-0.25, -0.2) is 0 Å². The molecule has 1 saturated heterocycles. The zero-order valence-corrected chi connectivity index (χ0v) is 21.2. The molecule has 0 amide bonds. The molecule has 0 aromatic carbocycles. The Bertz CT molecular complexity index is 609. The number of hydrogen-bond acceptors (Lipinski definition) is 4. The van der Waals surface area contributed by atoms with Crippen LogP contribution in [0.25, 0.3) is 0 Å². The number of hydrogen-bond donors (Lipinski definition) is 0. The minimum Gasteiger partial charge on any atom is -0.469 e. The second-order valence-electron chi connectivity index (χ2n) is 11.3. The van der Waals surface area contributed by atoms with Crippen molar-refractivity contribution in [1.82, 2.24) is 4.90 Å². The maximum atomic E-state index is 13.1. The number of esters is 1. The van der Waals surface area contributed by atoms with Crippen LogP contribution >= 0.6 is 0 Å². The smallest absolute Gasteiger partial charge is 0.310 e. The van der Waals surface area contributed by atoms with Crippen LogP contribution < -0.4 is 0 Å². The highest BCUT2D eigenvalue weighted by Crippen LogP contribution is 2.51. The lowest BCUT2D eigenvalue weighted by Crippen LogP contribution is -2.74. The van der Waals surface area contributed by atoms with Gasteiger partial charge in [0.25, 0.3) is 0 Å². The van der Waals surface area contributed by atoms with Crippen LogP contribution in [0.15, 0.2) is 0 Å². The van der Waals surface area contributed by atoms with Gasteiger partial charge in [0.2, 0.25) is 0 Å². The van der Waals surface area contributed by atoms with Crippen LogP contribution in [0, 0.1) is 23.2 Å². The molecule has 1 rings (SSSR count). The van der Waals surface area contributed by atoms with E-state index >= 15 is 0 Å². The molecule has 1 aliphatic rings. The molecule has 1 fully saturated rings. The summed E-state index contributed by atoms with van der Waals surface area (Å²) in [5, 5.41) is 0. The highest BCUT2D eigenvalue weighted by atomic mass is 16.5. The molecule has 0 saturated carbocycles. The van der Waals surface area contributed by atoms with Crippen molar-refractivity contribution in [3.05, 3.63) is 0 Å². The quantitative estimate of drug-likeness (QED) is 0.470. The van der Waals surface area contributed by atoms with E-state index in [4.69, 9.17) is 4.74 Å². The van der Waals surface area contributed by atoms with Crippen molar-refractivity contribution in [2.45, 2.75) is 118 Å². The van der Waals surface area contributed by atoms with Crippen LogP contribution in [-0.2, 0) is 14.3 Å². The van der Waals surface area contributed by atoms with Gasteiger partial charge in [-0.3, -0.25) is 14.5 Å². The van der Waals surface area contributed by atoms with Crippen molar-refractivity contribution in [1.29, 1.82) is 0 Å². The molecule has 170 valence electrons. The van der Waals surface area contributed by atoms with Gasteiger partial charge >= 0.3 is 5.97 Å². The Morgan fingerprint density at radius 3 is 2.07 bits per heavy atom. The van der Waals surface area contributed by atoms with Gasteiger partial charge in [-0.15, -0.1) is 0 Å². The zero-order chi connectivity index (χ0) is 23.0. The Labute approximate surface area is 180 Å². The third-order valence-corrected chi connectivity index (χ3v) is 8.71. The van der Waals surface area contributed by atoms with E-state index in [1.165, 1.54) is 7.11 Å². The van der Waals surface area contributed by atoms with Gasteiger partial charge < -0.3 is 4.74 Å². The average Bonchev–Trinajstić information content (AvgIpc) is 2.63. The molecule has 1 heterocycles. The molecule has 1 aliphatic heterocycles. The van der Waals surface area contributed by atoms with Gasteiger partial charge in [-0.1, -0.05) is 48.5 Å². The molecule has 0 bridgehead atoms. The van der Waals surface area contributed by atoms with E-state index in [0.717, 1.165) is 19.3 Å². The third kappa shape index (κ3) is 4.57. The number of carbonyl (C=O) groups excluding carboxylic acids is 2.